The first-order chi connectivity index (χ1) is 11.6. The first-order valence-electron chi connectivity index (χ1n) is 7.91. The fourth-order valence-electron chi connectivity index (χ4n) is 2.39. The molecule has 3 rings (SSSR count). The van der Waals surface area contributed by atoms with Gasteiger partial charge in [0.1, 0.15) is 5.75 Å². The fraction of sp³-hybridized carbons (Fsp3) is 0.200. The number of hydrogen-bond acceptors (Lipinski definition) is 4. The molecule has 0 aliphatic carbocycles. The second-order valence-electron chi connectivity index (χ2n) is 5.81. The van der Waals surface area contributed by atoms with Crippen molar-refractivity contribution in [2.75, 3.05) is 0 Å². The van der Waals surface area contributed by atoms with Gasteiger partial charge in [0, 0.05) is 23.7 Å². The van der Waals surface area contributed by atoms with Crippen LogP contribution >= 0.6 is 11.3 Å². The molecule has 0 aliphatic heterocycles. The number of ether oxygens (including phenoxy) is 1. The summed E-state index contributed by atoms with van der Waals surface area (Å²) in [7, 11) is 0. The number of aromatic nitrogens is 1. The predicted molar refractivity (Wildman–Crippen MR) is 97.8 cm³/mol. The third-order valence-electron chi connectivity index (χ3n) is 3.51. The first kappa shape index (κ1) is 16.4. The number of Topliss-reactive ketones (excluding diaryl/α,β-unsaturated/α-hetero) is 1. The van der Waals surface area contributed by atoms with Crippen molar-refractivity contribution in [3.63, 3.8) is 0 Å². The van der Waals surface area contributed by atoms with Crippen LogP contribution in [0.25, 0.3) is 10.4 Å². The SMILES string of the molecule is CC(C)Oc1ccc(-c2ccc(C(=O)Cc3ccncc3)s2)cc1. The molecule has 0 saturated carbocycles. The van der Waals surface area contributed by atoms with E-state index >= 15 is 0 Å². The van der Waals surface area contributed by atoms with Gasteiger partial charge >= 0.3 is 0 Å². The van der Waals surface area contributed by atoms with Crippen LogP contribution in [0.1, 0.15) is 29.1 Å². The quantitative estimate of drug-likeness (QED) is 0.593. The van der Waals surface area contributed by atoms with Gasteiger partial charge in [0.25, 0.3) is 0 Å². The Bertz CT molecular complexity index is 807. The molecule has 1 aromatic carbocycles. The number of nitrogens with zero attached hydrogens (tertiary/aromatic N) is 1. The van der Waals surface area contributed by atoms with Crippen molar-refractivity contribution in [2.24, 2.45) is 0 Å². The van der Waals surface area contributed by atoms with Gasteiger partial charge in [-0.3, -0.25) is 9.78 Å². The van der Waals surface area contributed by atoms with Crippen LogP contribution in [-0.4, -0.2) is 16.9 Å². The molecule has 3 aromatic rings. The largest absolute Gasteiger partial charge is 0.491 e. The van der Waals surface area contributed by atoms with E-state index < -0.39 is 0 Å². The van der Waals surface area contributed by atoms with E-state index in [1.54, 1.807) is 12.4 Å². The second-order valence-corrected chi connectivity index (χ2v) is 6.89. The van der Waals surface area contributed by atoms with E-state index in [0.29, 0.717) is 6.42 Å². The Morgan fingerprint density at radius 2 is 1.75 bits per heavy atom. The van der Waals surface area contributed by atoms with Crippen molar-refractivity contribution < 1.29 is 9.53 Å². The van der Waals surface area contributed by atoms with Crippen LogP contribution in [-0.2, 0) is 6.42 Å². The van der Waals surface area contributed by atoms with Crippen molar-refractivity contribution >= 4 is 17.1 Å². The third kappa shape index (κ3) is 4.09. The smallest absolute Gasteiger partial charge is 0.177 e. The van der Waals surface area contributed by atoms with Crippen LogP contribution < -0.4 is 4.74 Å². The number of carbonyl (C=O) groups excluding carboxylic acids is 1. The predicted octanol–water partition coefficient (Wildman–Crippen LogP) is 5.02. The van der Waals surface area contributed by atoms with E-state index in [4.69, 9.17) is 4.74 Å². The summed E-state index contributed by atoms with van der Waals surface area (Å²) in [5, 5.41) is 0. The number of benzene rings is 1. The van der Waals surface area contributed by atoms with Crippen LogP contribution in [0.3, 0.4) is 0 Å². The van der Waals surface area contributed by atoms with E-state index in [9.17, 15) is 4.79 Å². The molecule has 0 bridgehead atoms. The molecule has 3 nitrogen and oxygen atoms in total. The fourth-order valence-corrected chi connectivity index (χ4v) is 3.34. The second kappa shape index (κ2) is 7.41. The molecule has 0 N–H and O–H groups in total. The van der Waals surface area contributed by atoms with Crippen molar-refractivity contribution in [3.05, 3.63) is 71.4 Å². The molecule has 0 atom stereocenters. The molecule has 0 radical (unpaired) electrons. The molecule has 0 saturated heterocycles. The zero-order valence-corrected chi connectivity index (χ0v) is 14.5. The van der Waals surface area contributed by atoms with E-state index in [1.807, 2.05) is 62.4 Å². The summed E-state index contributed by atoms with van der Waals surface area (Å²) in [4.78, 5) is 18.2. The third-order valence-corrected chi connectivity index (χ3v) is 4.68. The Hall–Kier alpha value is -2.46. The Balaban J connectivity index is 1.72. The number of carbonyl (C=O) groups is 1. The summed E-state index contributed by atoms with van der Waals surface area (Å²) < 4.78 is 5.66. The molecule has 2 aromatic heterocycles. The number of rotatable bonds is 6. The van der Waals surface area contributed by atoms with Gasteiger partial charge in [-0.25, -0.2) is 0 Å². The minimum Gasteiger partial charge on any atom is -0.491 e. The van der Waals surface area contributed by atoms with E-state index in [-0.39, 0.29) is 11.9 Å². The summed E-state index contributed by atoms with van der Waals surface area (Å²) in [6.07, 6.45) is 3.99. The number of ketones is 1. The highest BCUT2D eigenvalue weighted by atomic mass is 32.1. The average molecular weight is 337 g/mol. The highest BCUT2D eigenvalue weighted by Gasteiger charge is 2.11. The number of hydrogen-bond donors (Lipinski definition) is 0. The lowest BCUT2D eigenvalue weighted by Crippen LogP contribution is -2.04. The zero-order chi connectivity index (χ0) is 16.9. The minimum absolute atomic E-state index is 0.136. The molecule has 0 spiro atoms. The van der Waals surface area contributed by atoms with Crippen LogP contribution in [0.4, 0.5) is 0 Å². The monoisotopic (exact) mass is 337 g/mol. The summed E-state index contributed by atoms with van der Waals surface area (Å²) in [6.45, 7) is 4.02. The molecule has 4 heteroatoms. The van der Waals surface area contributed by atoms with E-state index in [2.05, 4.69) is 4.98 Å². The van der Waals surface area contributed by atoms with Gasteiger partial charge in [-0.15, -0.1) is 11.3 Å². The van der Waals surface area contributed by atoms with Gasteiger partial charge < -0.3 is 4.74 Å². The van der Waals surface area contributed by atoms with Crippen molar-refractivity contribution in [1.82, 2.24) is 4.98 Å². The van der Waals surface area contributed by atoms with Gasteiger partial charge in [-0.2, -0.15) is 0 Å². The van der Waals surface area contributed by atoms with Crippen molar-refractivity contribution in [3.8, 4) is 16.2 Å². The molecular formula is C20H19NO2S. The van der Waals surface area contributed by atoms with Gasteiger partial charge in [0.15, 0.2) is 5.78 Å². The summed E-state index contributed by atoms with van der Waals surface area (Å²) in [5.41, 5.74) is 2.08. The molecule has 0 fully saturated rings. The lowest BCUT2D eigenvalue weighted by atomic mass is 10.1. The first-order valence-corrected chi connectivity index (χ1v) is 8.72. The van der Waals surface area contributed by atoms with Crippen molar-refractivity contribution in [2.45, 2.75) is 26.4 Å². The maximum absolute atomic E-state index is 12.4. The van der Waals surface area contributed by atoms with E-state index in [1.165, 1.54) is 11.3 Å². The minimum atomic E-state index is 0.136. The maximum atomic E-state index is 12.4. The van der Waals surface area contributed by atoms with Gasteiger partial charge in [-0.1, -0.05) is 0 Å². The number of pyridine rings is 1. The molecular weight excluding hydrogens is 318 g/mol. The summed E-state index contributed by atoms with van der Waals surface area (Å²) in [6, 6.07) is 15.6. The van der Waals surface area contributed by atoms with Gasteiger partial charge in [-0.05, 0) is 73.5 Å². The highest BCUT2D eigenvalue weighted by Crippen LogP contribution is 2.30. The number of thiophene rings is 1. The highest BCUT2D eigenvalue weighted by molar-refractivity contribution is 7.17. The van der Waals surface area contributed by atoms with Gasteiger partial charge in [0.05, 0.1) is 11.0 Å². The Morgan fingerprint density at radius 1 is 1.04 bits per heavy atom. The molecule has 0 unspecified atom stereocenters. The molecule has 24 heavy (non-hydrogen) atoms. The van der Waals surface area contributed by atoms with Crippen LogP contribution in [0.2, 0.25) is 0 Å². The molecule has 0 aliphatic rings. The Labute approximate surface area is 146 Å². The topological polar surface area (TPSA) is 39.2 Å². The van der Waals surface area contributed by atoms with E-state index in [0.717, 1.165) is 26.6 Å². The summed E-state index contributed by atoms with van der Waals surface area (Å²) in [5.74, 6) is 0.997. The molecule has 122 valence electrons. The van der Waals surface area contributed by atoms with Crippen LogP contribution in [0, 0.1) is 0 Å². The lowest BCUT2D eigenvalue weighted by Gasteiger charge is -2.09. The van der Waals surface area contributed by atoms with Crippen LogP contribution in [0.15, 0.2) is 60.9 Å². The van der Waals surface area contributed by atoms with Gasteiger partial charge in [0.2, 0.25) is 0 Å². The lowest BCUT2D eigenvalue weighted by molar-refractivity contribution is 0.0997. The standard InChI is InChI=1S/C20H19NO2S/c1-14(2)23-17-5-3-16(4-6-17)19-7-8-20(24-19)18(22)13-15-9-11-21-12-10-15/h3-12,14H,13H2,1-2H3. The van der Waals surface area contributed by atoms with Crippen LogP contribution in [0.5, 0.6) is 5.75 Å². The zero-order valence-electron chi connectivity index (χ0n) is 13.7. The molecule has 0 amide bonds. The van der Waals surface area contributed by atoms with Crippen molar-refractivity contribution in [1.29, 1.82) is 0 Å². The normalized spacial score (nSPS) is 10.8. The Morgan fingerprint density at radius 3 is 2.42 bits per heavy atom. The average Bonchev–Trinajstić information content (AvgIpc) is 3.06. The summed E-state index contributed by atoms with van der Waals surface area (Å²) >= 11 is 1.53. The molecule has 2 heterocycles. The maximum Gasteiger partial charge on any atom is 0.177 e. The Kier molecular flexibility index (Phi) is 5.06.